The zero-order valence-corrected chi connectivity index (χ0v) is 12.2. The molecule has 0 spiro atoms. The van der Waals surface area contributed by atoms with Crippen LogP contribution in [-0.2, 0) is 11.3 Å². The fourth-order valence-corrected chi connectivity index (χ4v) is 2.02. The number of carboxylic acids is 1. The highest BCUT2D eigenvalue weighted by atomic mass is 79.9. The zero-order valence-electron chi connectivity index (χ0n) is 10.6. The Labute approximate surface area is 125 Å². The summed E-state index contributed by atoms with van der Waals surface area (Å²) < 4.78 is 11.3. The van der Waals surface area contributed by atoms with Gasteiger partial charge in [0.2, 0.25) is 0 Å². The first-order chi connectivity index (χ1) is 9.66. The van der Waals surface area contributed by atoms with E-state index in [-0.39, 0.29) is 12.4 Å². The van der Waals surface area contributed by atoms with Crippen molar-refractivity contribution in [1.82, 2.24) is 0 Å². The largest absolute Gasteiger partial charge is 0.478 e. The Kier molecular flexibility index (Phi) is 5.15. The average Bonchev–Trinajstić information content (AvgIpc) is 2.46. The van der Waals surface area contributed by atoms with Crippen molar-refractivity contribution < 1.29 is 19.4 Å². The molecule has 0 aliphatic rings. The number of carbonyl (C=O) groups is 1. The molecular formula is C15H13BrO4. The monoisotopic (exact) mass is 336 g/mol. The van der Waals surface area contributed by atoms with E-state index in [0.29, 0.717) is 16.8 Å². The molecule has 0 unspecified atom stereocenters. The zero-order chi connectivity index (χ0) is 14.4. The number of halogens is 1. The van der Waals surface area contributed by atoms with Crippen molar-refractivity contribution >= 4 is 21.9 Å². The lowest BCUT2D eigenvalue weighted by atomic mass is 10.2. The normalized spacial score (nSPS) is 10.2. The molecule has 0 amide bonds. The third-order valence-electron chi connectivity index (χ3n) is 2.59. The van der Waals surface area contributed by atoms with E-state index in [1.807, 2.05) is 30.3 Å². The standard InChI is InChI=1S/C15H13BrO4/c16-14-7-6-12(8-13(14)15(17)18)20-10-19-9-11-4-2-1-3-5-11/h1-8H,9-10H2,(H,17,18). The number of hydrogen-bond donors (Lipinski definition) is 1. The van der Waals surface area contributed by atoms with Crippen LogP contribution in [0.15, 0.2) is 53.0 Å². The summed E-state index contributed by atoms with van der Waals surface area (Å²) in [5.74, 6) is -0.550. The third kappa shape index (κ3) is 4.08. The molecule has 0 atom stereocenters. The topological polar surface area (TPSA) is 55.8 Å². The van der Waals surface area contributed by atoms with E-state index in [9.17, 15) is 4.79 Å². The minimum absolute atomic E-state index is 0.0651. The highest BCUT2D eigenvalue weighted by Crippen LogP contribution is 2.22. The minimum atomic E-state index is -1.01. The third-order valence-corrected chi connectivity index (χ3v) is 3.28. The molecule has 0 aromatic heterocycles. The smallest absolute Gasteiger partial charge is 0.336 e. The first-order valence-electron chi connectivity index (χ1n) is 5.94. The van der Waals surface area contributed by atoms with Gasteiger partial charge in [0, 0.05) is 4.47 Å². The van der Waals surface area contributed by atoms with Crippen LogP contribution in [0.3, 0.4) is 0 Å². The van der Waals surface area contributed by atoms with Crippen LogP contribution >= 0.6 is 15.9 Å². The van der Waals surface area contributed by atoms with E-state index in [2.05, 4.69) is 15.9 Å². The maximum Gasteiger partial charge on any atom is 0.336 e. The van der Waals surface area contributed by atoms with Gasteiger partial charge in [0.25, 0.3) is 0 Å². The quantitative estimate of drug-likeness (QED) is 0.645. The number of hydrogen-bond acceptors (Lipinski definition) is 3. The van der Waals surface area contributed by atoms with Crippen molar-refractivity contribution in [2.24, 2.45) is 0 Å². The molecule has 0 aliphatic heterocycles. The maximum absolute atomic E-state index is 11.0. The molecule has 20 heavy (non-hydrogen) atoms. The van der Waals surface area contributed by atoms with Crippen molar-refractivity contribution in [3.8, 4) is 5.75 Å². The van der Waals surface area contributed by atoms with E-state index in [1.165, 1.54) is 6.07 Å². The van der Waals surface area contributed by atoms with Gasteiger partial charge < -0.3 is 14.6 Å². The van der Waals surface area contributed by atoms with E-state index in [0.717, 1.165) is 5.56 Å². The van der Waals surface area contributed by atoms with Crippen LogP contribution in [0.4, 0.5) is 0 Å². The van der Waals surface area contributed by atoms with E-state index in [1.54, 1.807) is 12.1 Å². The summed E-state index contributed by atoms with van der Waals surface area (Å²) in [7, 11) is 0. The second-order valence-corrected chi connectivity index (χ2v) is 4.90. The molecule has 0 heterocycles. The van der Waals surface area contributed by atoms with Gasteiger partial charge in [-0.2, -0.15) is 0 Å². The molecule has 2 aromatic rings. The Morgan fingerprint density at radius 2 is 1.90 bits per heavy atom. The van der Waals surface area contributed by atoms with Crippen LogP contribution < -0.4 is 4.74 Å². The summed E-state index contributed by atoms with van der Waals surface area (Å²) in [5, 5.41) is 8.99. The summed E-state index contributed by atoms with van der Waals surface area (Å²) in [6, 6.07) is 14.5. The highest BCUT2D eigenvalue weighted by molar-refractivity contribution is 9.10. The van der Waals surface area contributed by atoms with Crippen LogP contribution in [0.5, 0.6) is 5.75 Å². The average molecular weight is 337 g/mol. The van der Waals surface area contributed by atoms with E-state index >= 15 is 0 Å². The van der Waals surface area contributed by atoms with Gasteiger partial charge in [-0.1, -0.05) is 30.3 Å². The van der Waals surface area contributed by atoms with E-state index < -0.39 is 5.97 Å². The Bertz CT molecular complexity index is 584. The summed E-state index contributed by atoms with van der Waals surface area (Å²) in [6.07, 6.45) is 0. The lowest BCUT2D eigenvalue weighted by molar-refractivity contribution is 0.00495. The van der Waals surface area contributed by atoms with Crippen LogP contribution in [0.2, 0.25) is 0 Å². The molecule has 0 fully saturated rings. The molecule has 2 aromatic carbocycles. The van der Waals surface area contributed by atoms with Crippen LogP contribution in [0.1, 0.15) is 15.9 Å². The molecule has 0 aliphatic carbocycles. The van der Waals surface area contributed by atoms with Crippen molar-refractivity contribution in [3.63, 3.8) is 0 Å². The van der Waals surface area contributed by atoms with Gasteiger partial charge in [-0.3, -0.25) is 0 Å². The molecule has 4 nitrogen and oxygen atoms in total. The Balaban J connectivity index is 1.85. The fourth-order valence-electron chi connectivity index (χ4n) is 1.60. The number of carboxylic acid groups (broad SMARTS) is 1. The first-order valence-corrected chi connectivity index (χ1v) is 6.73. The highest BCUT2D eigenvalue weighted by Gasteiger charge is 2.09. The van der Waals surface area contributed by atoms with Gasteiger partial charge in [-0.25, -0.2) is 4.79 Å². The number of rotatable bonds is 6. The predicted octanol–water partition coefficient (Wildman–Crippen LogP) is 3.70. The Morgan fingerprint density at radius 3 is 2.60 bits per heavy atom. The van der Waals surface area contributed by atoms with E-state index in [4.69, 9.17) is 14.6 Å². The molecule has 0 radical (unpaired) electrons. The summed E-state index contributed by atoms with van der Waals surface area (Å²) >= 11 is 3.18. The first kappa shape index (κ1) is 14.6. The molecular weight excluding hydrogens is 324 g/mol. The van der Waals surface area contributed by atoms with Gasteiger partial charge in [-0.15, -0.1) is 0 Å². The number of benzene rings is 2. The van der Waals surface area contributed by atoms with Crippen molar-refractivity contribution in [1.29, 1.82) is 0 Å². The number of ether oxygens (including phenoxy) is 2. The van der Waals surface area contributed by atoms with Gasteiger partial charge in [0.1, 0.15) is 5.75 Å². The molecule has 1 N–H and O–H groups in total. The SMILES string of the molecule is O=C(O)c1cc(OCOCc2ccccc2)ccc1Br. The second kappa shape index (κ2) is 7.07. The Morgan fingerprint density at radius 1 is 1.15 bits per heavy atom. The summed E-state index contributed by atoms with van der Waals surface area (Å²) in [6.45, 7) is 0.513. The second-order valence-electron chi connectivity index (χ2n) is 4.04. The van der Waals surface area contributed by atoms with Gasteiger partial charge in [0.05, 0.1) is 12.2 Å². The number of aromatic carboxylic acids is 1. The maximum atomic E-state index is 11.0. The molecule has 0 saturated carbocycles. The summed E-state index contributed by atoms with van der Waals surface area (Å²) in [4.78, 5) is 11.0. The van der Waals surface area contributed by atoms with Crippen LogP contribution in [-0.4, -0.2) is 17.9 Å². The van der Waals surface area contributed by atoms with Crippen LogP contribution in [0, 0.1) is 0 Å². The molecule has 2 rings (SSSR count). The fraction of sp³-hybridized carbons (Fsp3) is 0.133. The lowest BCUT2D eigenvalue weighted by Gasteiger charge is -2.08. The Hall–Kier alpha value is -1.85. The van der Waals surface area contributed by atoms with Gasteiger partial charge in [0.15, 0.2) is 6.79 Å². The molecule has 0 saturated heterocycles. The van der Waals surface area contributed by atoms with Crippen LogP contribution in [0.25, 0.3) is 0 Å². The molecule has 104 valence electrons. The minimum Gasteiger partial charge on any atom is -0.478 e. The lowest BCUT2D eigenvalue weighted by Crippen LogP contribution is -2.04. The van der Waals surface area contributed by atoms with Gasteiger partial charge in [-0.05, 0) is 39.7 Å². The molecule has 5 heteroatoms. The van der Waals surface area contributed by atoms with Crippen molar-refractivity contribution in [3.05, 3.63) is 64.1 Å². The van der Waals surface area contributed by atoms with Gasteiger partial charge >= 0.3 is 5.97 Å². The summed E-state index contributed by atoms with van der Waals surface area (Å²) in [5.41, 5.74) is 1.21. The molecule has 0 bridgehead atoms. The van der Waals surface area contributed by atoms with Crippen molar-refractivity contribution in [2.45, 2.75) is 6.61 Å². The predicted molar refractivity (Wildman–Crippen MR) is 77.8 cm³/mol. The van der Waals surface area contributed by atoms with Crippen molar-refractivity contribution in [2.75, 3.05) is 6.79 Å².